The molecule has 0 saturated carbocycles. The second-order valence-electron chi connectivity index (χ2n) is 12.6. The summed E-state index contributed by atoms with van der Waals surface area (Å²) in [6, 6.07) is 19.8. The number of rotatable bonds is 8. The first-order chi connectivity index (χ1) is 25.7. The van der Waals surface area contributed by atoms with Gasteiger partial charge >= 0.3 is 5.97 Å². The number of carbonyl (C=O) groups is 2. The molecule has 3 aliphatic rings. The van der Waals surface area contributed by atoms with E-state index in [2.05, 4.69) is 18.5 Å². The molecule has 0 radical (unpaired) electrons. The summed E-state index contributed by atoms with van der Waals surface area (Å²) in [5, 5.41) is 12.2. The summed E-state index contributed by atoms with van der Waals surface area (Å²) in [5.74, 6) is -0.148. The number of methoxy groups -OCH3 is 3. The van der Waals surface area contributed by atoms with Gasteiger partial charge in [0.2, 0.25) is 5.75 Å². The Morgan fingerprint density at radius 1 is 0.830 bits per heavy atom. The standard InChI is InChI=1S/C29H27N3O7S.C10H11NO2/c1-32-9-10-38-23-8-5-16(12-22(23)32)11-19-26(17-6-7-20-21(13-17)31-40-30-20)28(33)39-29(19,34)18-14-24(35-2)27(37-4)25(15-18)36-3;1-11-4-5-13-10-3-2-8(7-12)6-9(10)11/h5-8,12-15,34H,9-11H2,1-4H3;2-3,6-7H,4-5H2,1H3. The molecule has 0 fully saturated rings. The van der Waals surface area contributed by atoms with Crippen molar-refractivity contribution in [3.05, 3.63) is 94.6 Å². The average molecular weight is 739 g/mol. The van der Waals surface area contributed by atoms with Crippen molar-refractivity contribution >= 4 is 52.0 Å². The normalized spacial score (nSPS) is 17.5. The molecule has 1 N–H and O–H groups in total. The molecule has 1 aromatic heterocycles. The van der Waals surface area contributed by atoms with E-state index < -0.39 is 11.8 Å². The summed E-state index contributed by atoms with van der Waals surface area (Å²) in [6.45, 7) is 2.94. The minimum absolute atomic E-state index is 0.211. The van der Waals surface area contributed by atoms with Crippen LogP contribution in [0.5, 0.6) is 28.7 Å². The molecular weight excluding hydrogens is 701 g/mol. The van der Waals surface area contributed by atoms with Gasteiger partial charge in [-0.3, -0.25) is 4.79 Å². The number of ether oxygens (including phenoxy) is 6. The van der Waals surface area contributed by atoms with Gasteiger partial charge in [-0.25, -0.2) is 4.79 Å². The number of aldehydes is 1. The number of hydrogen-bond donors (Lipinski definition) is 1. The van der Waals surface area contributed by atoms with Crippen LogP contribution in [-0.4, -0.2) is 87.8 Å². The van der Waals surface area contributed by atoms with E-state index in [1.54, 1.807) is 36.4 Å². The van der Waals surface area contributed by atoms with Gasteiger partial charge in [0.05, 0.1) is 63.1 Å². The molecular formula is C39H38N4O9S. The Morgan fingerprint density at radius 2 is 1.47 bits per heavy atom. The van der Waals surface area contributed by atoms with Crippen molar-refractivity contribution < 1.29 is 43.1 Å². The smallest absolute Gasteiger partial charge is 0.342 e. The molecule has 1 atom stereocenters. The van der Waals surface area contributed by atoms with E-state index in [1.807, 2.05) is 44.4 Å². The molecule has 8 rings (SSSR count). The average Bonchev–Trinajstić information content (AvgIpc) is 3.75. The molecule has 274 valence electrons. The molecule has 0 bridgehead atoms. The van der Waals surface area contributed by atoms with E-state index in [9.17, 15) is 14.7 Å². The number of benzene rings is 4. The summed E-state index contributed by atoms with van der Waals surface area (Å²) in [7, 11) is 8.46. The molecule has 5 aromatic rings. The van der Waals surface area contributed by atoms with E-state index >= 15 is 0 Å². The van der Waals surface area contributed by atoms with Crippen LogP contribution in [0.15, 0.2) is 72.3 Å². The van der Waals surface area contributed by atoms with Gasteiger partial charge in [0.1, 0.15) is 42.0 Å². The third-order valence-electron chi connectivity index (χ3n) is 9.47. The molecule has 53 heavy (non-hydrogen) atoms. The Morgan fingerprint density at radius 3 is 2.11 bits per heavy atom. The van der Waals surface area contributed by atoms with Crippen molar-refractivity contribution in [1.82, 2.24) is 8.75 Å². The fourth-order valence-corrected chi connectivity index (χ4v) is 7.16. The SMILES string of the molecule is CN1CCOc2ccc(C=O)cc21.COc1cc(C2(O)OC(=O)C(c3ccc4nsnc4c3)=C2Cc2ccc3c(c2)N(C)CCO3)cc(OC)c1OC. The van der Waals surface area contributed by atoms with E-state index in [-0.39, 0.29) is 17.6 Å². The van der Waals surface area contributed by atoms with Crippen LogP contribution in [0.25, 0.3) is 16.6 Å². The largest absolute Gasteiger partial charge is 0.493 e. The van der Waals surface area contributed by atoms with Crippen LogP contribution >= 0.6 is 11.7 Å². The number of aromatic nitrogens is 2. The number of fused-ring (bicyclic) bond motifs is 3. The third-order valence-corrected chi connectivity index (χ3v) is 10.0. The lowest BCUT2D eigenvalue weighted by Crippen LogP contribution is -2.30. The lowest BCUT2D eigenvalue weighted by Gasteiger charge is -2.29. The summed E-state index contributed by atoms with van der Waals surface area (Å²) in [5.41, 5.74) is 6.32. The molecule has 3 aliphatic heterocycles. The van der Waals surface area contributed by atoms with Crippen molar-refractivity contribution in [3.8, 4) is 28.7 Å². The lowest BCUT2D eigenvalue weighted by molar-refractivity contribution is -0.185. The van der Waals surface area contributed by atoms with Crippen LogP contribution in [0.4, 0.5) is 11.4 Å². The van der Waals surface area contributed by atoms with Crippen LogP contribution in [0.3, 0.4) is 0 Å². The van der Waals surface area contributed by atoms with Gasteiger partial charge in [-0.1, -0.05) is 12.1 Å². The van der Waals surface area contributed by atoms with Crippen LogP contribution in [0.1, 0.15) is 27.0 Å². The maximum Gasteiger partial charge on any atom is 0.342 e. The highest BCUT2D eigenvalue weighted by Gasteiger charge is 2.49. The Kier molecular flexibility index (Phi) is 9.82. The topological polar surface area (TPSA) is 142 Å². The first-order valence-corrected chi connectivity index (χ1v) is 17.5. The predicted octanol–water partition coefficient (Wildman–Crippen LogP) is 5.27. The van der Waals surface area contributed by atoms with Crippen molar-refractivity contribution in [2.45, 2.75) is 12.2 Å². The zero-order chi connectivity index (χ0) is 37.3. The zero-order valence-corrected chi connectivity index (χ0v) is 30.7. The monoisotopic (exact) mass is 738 g/mol. The molecule has 0 aliphatic carbocycles. The van der Waals surface area contributed by atoms with Gasteiger partial charge in [-0.05, 0) is 65.7 Å². The number of cyclic esters (lactones) is 1. The third kappa shape index (κ3) is 6.66. The highest BCUT2D eigenvalue weighted by Crippen LogP contribution is 2.49. The zero-order valence-electron chi connectivity index (χ0n) is 29.9. The number of likely N-dealkylation sites (N-methyl/N-ethyl adjacent to an activating group) is 2. The Labute approximate surface area is 310 Å². The Hall–Kier alpha value is -5.86. The highest BCUT2D eigenvalue weighted by molar-refractivity contribution is 7.00. The number of esters is 1. The number of carbonyl (C=O) groups excluding carboxylic acids is 2. The maximum absolute atomic E-state index is 13.6. The molecule has 0 amide bonds. The minimum Gasteiger partial charge on any atom is -0.493 e. The summed E-state index contributed by atoms with van der Waals surface area (Å²) < 4.78 is 42.2. The fourth-order valence-electron chi connectivity index (χ4n) is 6.64. The summed E-state index contributed by atoms with van der Waals surface area (Å²) >= 11 is 1.09. The van der Waals surface area contributed by atoms with Gasteiger partial charge in [-0.2, -0.15) is 8.75 Å². The van der Waals surface area contributed by atoms with Gasteiger partial charge in [0, 0.05) is 37.2 Å². The van der Waals surface area contributed by atoms with E-state index in [1.165, 1.54) is 21.3 Å². The number of aliphatic hydroxyl groups is 1. The molecule has 4 aromatic carbocycles. The van der Waals surface area contributed by atoms with E-state index in [0.717, 1.165) is 65.1 Å². The molecule has 0 spiro atoms. The van der Waals surface area contributed by atoms with Gasteiger partial charge in [-0.15, -0.1) is 0 Å². The second-order valence-corrected chi connectivity index (χ2v) is 13.2. The van der Waals surface area contributed by atoms with Gasteiger partial charge in [0.25, 0.3) is 5.79 Å². The molecule has 14 heteroatoms. The van der Waals surface area contributed by atoms with Gasteiger partial charge in [0.15, 0.2) is 11.5 Å². The quantitative estimate of drug-likeness (QED) is 0.163. The molecule has 0 saturated heterocycles. The first-order valence-electron chi connectivity index (χ1n) is 16.8. The van der Waals surface area contributed by atoms with Crippen LogP contribution in [-0.2, 0) is 21.7 Å². The van der Waals surface area contributed by atoms with Crippen LogP contribution in [0, 0.1) is 0 Å². The van der Waals surface area contributed by atoms with Crippen molar-refractivity contribution in [3.63, 3.8) is 0 Å². The van der Waals surface area contributed by atoms with Crippen LogP contribution < -0.4 is 33.5 Å². The Balaban J connectivity index is 0.000000281. The molecule has 1 unspecified atom stereocenters. The fraction of sp³-hybridized carbons (Fsp3) is 0.282. The van der Waals surface area contributed by atoms with E-state index in [0.29, 0.717) is 52.7 Å². The lowest BCUT2D eigenvalue weighted by atomic mass is 9.87. The summed E-state index contributed by atoms with van der Waals surface area (Å²) in [6.07, 6.45) is 1.06. The van der Waals surface area contributed by atoms with Crippen molar-refractivity contribution in [2.24, 2.45) is 0 Å². The molecule has 13 nitrogen and oxygen atoms in total. The second kappa shape index (κ2) is 14.6. The first kappa shape index (κ1) is 35.5. The molecule has 4 heterocycles. The number of hydrogen-bond acceptors (Lipinski definition) is 14. The van der Waals surface area contributed by atoms with E-state index in [4.69, 9.17) is 28.4 Å². The minimum atomic E-state index is -2.12. The van der Waals surface area contributed by atoms with Gasteiger partial charge < -0.3 is 43.3 Å². The highest BCUT2D eigenvalue weighted by atomic mass is 32.1. The van der Waals surface area contributed by atoms with Crippen molar-refractivity contribution in [2.75, 3.05) is 71.5 Å². The summed E-state index contributed by atoms with van der Waals surface area (Å²) in [4.78, 5) is 28.3. The van der Waals surface area contributed by atoms with Crippen molar-refractivity contribution in [1.29, 1.82) is 0 Å². The number of anilines is 2. The predicted molar refractivity (Wildman–Crippen MR) is 200 cm³/mol. The Bertz CT molecular complexity index is 2210. The number of nitrogens with zero attached hydrogens (tertiary/aromatic N) is 4. The van der Waals surface area contributed by atoms with Crippen LogP contribution in [0.2, 0.25) is 0 Å². The maximum atomic E-state index is 13.6.